The lowest BCUT2D eigenvalue weighted by molar-refractivity contribution is 0.0458. The molecular weight excluding hydrogens is 267 g/mol. The minimum absolute atomic E-state index is 0.0894. The van der Waals surface area contributed by atoms with Crippen LogP contribution >= 0.6 is 0 Å². The van der Waals surface area contributed by atoms with Crippen molar-refractivity contribution in [2.75, 3.05) is 24.6 Å². The molecule has 0 aliphatic carbocycles. The summed E-state index contributed by atoms with van der Waals surface area (Å²) in [6, 6.07) is 5.42. The number of para-hydroxylation sites is 1. The summed E-state index contributed by atoms with van der Waals surface area (Å²) in [6.07, 6.45) is 3.87. The lowest BCUT2D eigenvalue weighted by atomic mass is 9.99. The van der Waals surface area contributed by atoms with E-state index in [2.05, 4.69) is 11.8 Å². The maximum atomic E-state index is 14.3. The summed E-state index contributed by atoms with van der Waals surface area (Å²) < 4.78 is 20.0. The molecule has 0 spiro atoms. The molecule has 1 aliphatic rings. The summed E-state index contributed by atoms with van der Waals surface area (Å²) in [5.74, 6) is -0.134. The quantitative estimate of drug-likeness (QED) is 0.876. The Labute approximate surface area is 127 Å². The summed E-state index contributed by atoms with van der Waals surface area (Å²) in [6.45, 7) is 6.53. The van der Waals surface area contributed by atoms with Crippen LogP contribution in [0.1, 0.15) is 38.7 Å². The Balaban J connectivity index is 2.12. The van der Waals surface area contributed by atoms with Gasteiger partial charge in [-0.3, -0.25) is 0 Å². The molecule has 1 aliphatic heterocycles. The van der Waals surface area contributed by atoms with Crippen LogP contribution in [0.15, 0.2) is 18.2 Å². The van der Waals surface area contributed by atoms with Crippen molar-refractivity contribution in [1.29, 1.82) is 0 Å². The van der Waals surface area contributed by atoms with Crippen molar-refractivity contribution < 1.29 is 9.13 Å². The van der Waals surface area contributed by atoms with E-state index in [9.17, 15) is 4.39 Å². The van der Waals surface area contributed by atoms with Crippen molar-refractivity contribution in [3.63, 3.8) is 0 Å². The first-order chi connectivity index (χ1) is 10.2. The highest BCUT2D eigenvalue weighted by molar-refractivity contribution is 5.55. The zero-order chi connectivity index (χ0) is 15.2. The Kier molecular flexibility index (Phi) is 6.00. The van der Waals surface area contributed by atoms with Crippen LogP contribution in [0.4, 0.5) is 10.1 Å². The molecule has 1 unspecified atom stereocenters. The molecule has 1 heterocycles. The molecular formula is C17H27FN2O. The Bertz CT molecular complexity index is 444. The van der Waals surface area contributed by atoms with E-state index in [4.69, 9.17) is 10.5 Å². The van der Waals surface area contributed by atoms with Crippen LogP contribution < -0.4 is 10.6 Å². The molecule has 0 saturated carbocycles. The Morgan fingerprint density at radius 2 is 2.05 bits per heavy atom. The third-order valence-corrected chi connectivity index (χ3v) is 4.24. The summed E-state index contributed by atoms with van der Waals surface area (Å²) in [5, 5.41) is 0. The van der Waals surface area contributed by atoms with Crippen LogP contribution in [0.2, 0.25) is 0 Å². The molecule has 21 heavy (non-hydrogen) atoms. The minimum atomic E-state index is -0.134. The maximum absolute atomic E-state index is 14.3. The fourth-order valence-electron chi connectivity index (χ4n) is 2.99. The molecule has 0 amide bonds. The molecule has 1 atom stereocenters. The minimum Gasteiger partial charge on any atom is -0.378 e. The number of benzene rings is 1. The van der Waals surface area contributed by atoms with E-state index < -0.39 is 0 Å². The van der Waals surface area contributed by atoms with Crippen molar-refractivity contribution in [2.24, 2.45) is 5.73 Å². The Morgan fingerprint density at radius 3 is 2.67 bits per heavy atom. The van der Waals surface area contributed by atoms with Gasteiger partial charge in [0.05, 0.1) is 11.8 Å². The predicted molar refractivity (Wildman–Crippen MR) is 85.2 cm³/mol. The number of anilines is 1. The number of ether oxygens (including phenoxy) is 1. The van der Waals surface area contributed by atoms with Crippen LogP contribution in [0.25, 0.3) is 0 Å². The molecule has 1 aromatic carbocycles. The monoisotopic (exact) mass is 294 g/mol. The van der Waals surface area contributed by atoms with Crippen molar-refractivity contribution in [2.45, 2.75) is 51.7 Å². The average Bonchev–Trinajstić information content (AvgIpc) is 2.49. The molecule has 0 aromatic heterocycles. The molecule has 2 N–H and O–H groups in total. The van der Waals surface area contributed by atoms with Gasteiger partial charge < -0.3 is 15.4 Å². The van der Waals surface area contributed by atoms with E-state index in [0.29, 0.717) is 6.10 Å². The van der Waals surface area contributed by atoms with E-state index in [0.717, 1.165) is 56.6 Å². The van der Waals surface area contributed by atoms with Crippen LogP contribution in [-0.4, -0.2) is 31.8 Å². The average molecular weight is 294 g/mol. The number of rotatable bonds is 6. The van der Waals surface area contributed by atoms with E-state index in [1.807, 2.05) is 13.0 Å². The van der Waals surface area contributed by atoms with Gasteiger partial charge in [0, 0.05) is 25.7 Å². The highest BCUT2D eigenvalue weighted by Crippen LogP contribution is 2.29. The van der Waals surface area contributed by atoms with Crippen molar-refractivity contribution >= 4 is 5.69 Å². The molecule has 1 fully saturated rings. The first kappa shape index (κ1) is 16.2. The van der Waals surface area contributed by atoms with Gasteiger partial charge in [0.25, 0.3) is 0 Å². The molecule has 3 nitrogen and oxygen atoms in total. The number of hydrogen-bond acceptors (Lipinski definition) is 3. The van der Waals surface area contributed by atoms with Gasteiger partial charge >= 0.3 is 0 Å². The molecule has 118 valence electrons. The molecule has 4 heteroatoms. The number of nitrogens with zero attached hydrogens (tertiary/aromatic N) is 1. The van der Waals surface area contributed by atoms with E-state index in [1.165, 1.54) is 0 Å². The number of hydrogen-bond donors (Lipinski definition) is 1. The Morgan fingerprint density at radius 1 is 1.33 bits per heavy atom. The van der Waals surface area contributed by atoms with Gasteiger partial charge in [-0.1, -0.05) is 19.1 Å². The van der Waals surface area contributed by atoms with Gasteiger partial charge in [-0.2, -0.15) is 0 Å². The summed E-state index contributed by atoms with van der Waals surface area (Å²) in [7, 11) is 0. The Hall–Kier alpha value is -1.13. The number of halogens is 1. The number of piperidine rings is 1. The van der Waals surface area contributed by atoms with E-state index >= 15 is 0 Å². The van der Waals surface area contributed by atoms with Gasteiger partial charge in [-0.25, -0.2) is 4.39 Å². The van der Waals surface area contributed by atoms with Crippen molar-refractivity contribution in [3.05, 3.63) is 29.6 Å². The van der Waals surface area contributed by atoms with Crippen LogP contribution in [0, 0.1) is 5.82 Å². The smallest absolute Gasteiger partial charge is 0.146 e. The van der Waals surface area contributed by atoms with Crippen LogP contribution in [-0.2, 0) is 11.2 Å². The van der Waals surface area contributed by atoms with Crippen molar-refractivity contribution in [1.82, 2.24) is 0 Å². The zero-order valence-corrected chi connectivity index (χ0v) is 13.1. The maximum Gasteiger partial charge on any atom is 0.146 e. The third-order valence-electron chi connectivity index (χ3n) is 4.24. The van der Waals surface area contributed by atoms with Crippen LogP contribution in [0.5, 0.6) is 0 Å². The predicted octanol–water partition coefficient (Wildman–Crippen LogP) is 3.11. The SMILES string of the molecule is CCOC1CCN(c2c(F)cccc2CC(N)CC)CC1. The summed E-state index contributed by atoms with van der Waals surface area (Å²) >= 11 is 0. The lowest BCUT2D eigenvalue weighted by Crippen LogP contribution is -2.38. The first-order valence-corrected chi connectivity index (χ1v) is 8.05. The third kappa shape index (κ3) is 4.17. The molecule has 0 bridgehead atoms. The molecule has 1 saturated heterocycles. The first-order valence-electron chi connectivity index (χ1n) is 8.05. The van der Waals surface area contributed by atoms with Crippen molar-refractivity contribution in [3.8, 4) is 0 Å². The normalized spacial score (nSPS) is 18.0. The second kappa shape index (κ2) is 7.76. The highest BCUT2D eigenvalue weighted by Gasteiger charge is 2.23. The van der Waals surface area contributed by atoms with Crippen LogP contribution in [0.3, 0.4) is 0 Å². The molecule has 2 rings (SSSR count). The van der Waals surface area contributed by atoms with Gasteiger partial charge in [0.15, 0.2) is 0 Å². The fourth-order valence-corrected chi connectivity index (χ4v) is 2.99. The topological polar surface area (TPSA) is 38.5 Å². The summed E-state index contributed by atoms with van der Waals surface area (Å²) in [4.78, 5) is 2.16. The molecule has 0 radical (unpaired) electrons. The van der Waals surface area contributed by atoms with E-state index in [1.54, 1.807) is 12.1 Å². The molecule has 1 aromatic rings. The van der Waals surface area contributed by atoms with Gasteiger partial charge in [-0.05, 0) is 44.2 Å². The number of nitrogens with two attached hydrogens (primary N) is 1. The second-order valence-electron chi connectivity index (χ2n) is 5.76. The zero-order valence-electron chi connectivity index (χ0n) is 13.1. The lowest BCUT2D eigenvalue weighted by Gasteiger charge is -2.35. The van der Waals surface area contributed by atoms with Gasteiger partial charge in [-0.15, -0.1) is 0 Å². The van der Waals surface area contributed by atoms with Gasteiger partial charge in [0.1, 0.15) is 5.82 Å². The highest BCUT2D eigenvalue weighted by atomic mass is 19.1. The van der Waals surface area contributed by atoms with Gasteiger partial charge in [0.2, 0.25) is 0 Å². The fraction of sp³-hybridized carbons (Fsp3) is 0.647. The largest absolute Gasteiger partial charge is 0.378 e. The summed E-state index contributed by atoms with van der Waals surface area (Å²) in [5.41, 5.74) is 7.83. The van der Waals surface area contributed by atoms with E-state index in [-0.39, 0.29) is 11.9 Å². The standard InChI is InChI=1S/C17H27FN2O/c1-3-14(19)12-13-6-5-7-16(18)17(13)20-10-8-15(9-11-20)21-4-2/h5-7,14-15H,3-4,8-12,19H2,1-2H3. The second-order valence-corrected chi connectivity index (χ2v) is 5.76.